The number of aliphatic hydroxyl groups is 1. The first-order valence-corrected chi connectivity index (χ1v) is 7.78. The Morgan fingerprint density at radius 2 is 2.17 bits per heavy atom. The van der Waals surface area contributed by atoms with Crippen molar-refractivity contribution in [1.82, 2.24) is 10.3 Å². The molecule has 3 N–H and O–H groups in total. The number of piperidine rings is 1. The van der Waals surface area contributed by atoms with Gasteiger partial charge in [0.15, 0.2) is 0 Å². The summed E-state index contributed by atoms with van der Waals surface area (Å²) in [6, 6.07) is 3.78. The van der Waals surface area contributed by atoms with E-state index in [1.54, 1.807) is 6.20 Å². The number of nitrogens with one attached hydrogen (secondary N) is 2. The molecule has 0 saturated carbocycles. The third kappa shape index (κ3) is 4.42. The van der Waals surface area contributed by atoms with Crippen LogP contribution in [0.3, 0.4) is 0 Å². The van der Waals surface area contributed by atoms with E-state index in [1.807, 2.05) is 12.1 Å². The van der Waals surface area contributed by atoms with Gasteiger partial charge < -0.3 is 20.6 Å². The normalized spacial score (nSPS) is 15.8. The van der Waals surface area contributed by atoms with Gasteiger partial charge in [-0.15, -0.1) is 0 Å². The van der Waals surface area contributed by atoms with E-state index in [9.17, 15) is 9.90 Å². The van der Waals surface area contributed by atoms with Crippen molar-refractivity contribution >= 4 is 24.1 Å². The molecule has 2 rings (SSSR count). The van der Waals surface area contributed by atoms with Crippen LogP contribution in [0.15, 0.2) is 47.4 Å². The summed E-state index contributed by atoms with van der Waals surface area (Å²) >= 11 is 0. The predicted molar refractivity (Wildman–Crippen MR) is 96.2 cm³/mol. The molecule has 0 unspecified atom stereocenters. The Bertz CT molecular complexity index is 631. The van der Waals surface area contributed by atoms with Crippen LogP contribution >= 0.6 is 0 Å². The van der Waals surface area contributed by atoms with Crippen molar-refractivity contribution in [2.24, 2.45) is 4.99 Å². The molecule has 1 fully saturated rings. The lowest BCUT2D eigenvalue weighted by atomic mass is 10.1. The van der Waals surface area contributed by atoms with Gasteiger partial charge in [-0.05, 0) is 31.7 Å². The molecular weight excluding hydrogens is 306 g/mol. The number of anilines is 2. The highest BCUT2D eigenvalue weighted by atomic mass is 16.3. The van der Waals surface area contributed by atoms with Gasteiger partial charge in [0, 0.05) is 20.1 Å². The molecule has 1 aromatic heterocycles. The van der Waals surface area contributed by atoms with E-state index in [0.717, 1.165) is 31.6 Å². The third-order valence-corrected chi connectivity index (χ3v) is 3.89. The molecule has 0 spiro atoms. The molecule has 24 heavy (non-hydrogen) atoms. The zero-order chi connectivity index (χ0) is 17.5. The fourth-order valence-electron chi connectivity index (χ4n) is 2.46. The van der Waals surface area contributed by atoms with Crippen LogP contribution in [-0.4, -0.2) is 49.0 Å². The number of hydrogen-bond acceptors (Lipinski definition) is 6. The number of amides is 1. The minimum atomic E-state index is -0.305. The Balaban J connectivity index is 2.06. The van der Waals surface area contributed by atoms with Crippen molar-refractivity contribution in [2.75, 3.05) is 30.4 Å². The molecule has 1 saturated heterocycles. The Labute approximate surface area is 141 Å². The Kier molecular flexibility index (Phi) is 6.08. The number of rotatable bonds is 6. The summed E-state index contributed by atoms with van der Waals surface area (Å²) in [6.45, 7) is 8.78. The highest BCUT2D eigenvalue weighted by molar-refractivity contribution is 5.97. The summed E-state index contributed by atoms with van der Waals surface area (Å²) in [5.41, 5.74) is 1.69. The van der Waals surface area contributed by atoms with Gasteiger partial charge in [-0.25, -0.2) is 4.98 Å². The lowest BCUT2D eigenvalue weighted by Gasteiger charge is -2.31. The topological polar surface area (TPSA) is 89.8 Å². The number of nitrogens with zero attached hydrogens (tertiary/aromatic N) is 3. The van der Waals surface area contributed by atoms with Crippen LogP contribution in [0.2, 0.25) is 0 Å². The highest BCUT2D eigenvalue weighted by Gasteiger charge is 2.17. The third-order valence-electron chi connectivity index (χ3n) is 3.89. The fraction of sp³-hybridized carbons (Fsp3) is 0.353. The van der Waals surface area contributed by atoms with Gasteiger partial charge in [-0.1, -0.05) is 6.58 Å². The molecule has 0 bridgehead atoms. The van der Waals surface area contributed by atoms with Crippen molar-refractivity contribution in [2.45, 2.75) is 18.9 Å². The largest absolute Gasteiger partial charge is 0.393 e. The lowest BCUT2D eigenvalue weighted by molar-refractivity contribution is -0.116. The monoisotopic (exact) mass is 329 g/mol. The van der Waals surface area contributed by atoms with Gasteiger partial charge in [0.2, 0.25) is 0 Å². The van der Waals surface area contributed by atoms with Crippen molar-refractivity contribution in [3.8, 4) is 0 Å². The number of carbonyl (C=O) groups excluding carboxylic acids is 1. The summed E-state index contributed by atoms with van der Waals surface area (Å²) < 4.78 is 0. The minimum Gasteiger partial charge on any atom is -0.393 e. The van der Waals surface area contributed by atoms with Gasteiger partial charge in [0.25, 0.3) is 5.91 Å². The summed E-state index contributed by atoms with van der Waals surface area (Å²) in [6.07, 6.45) is 4.53. The molecule has 1 amide bonds. The molecule has 2 heterocycles. The SMILES string of the molecule is C=N/C=C(/Nc1ccc(N2CCC(O)CC2)cn1)C(=C)C(=O)NC. The molecule has 0 aliphatic carbocycles. The number of pyridine rings is 1. The predicted octanol–water partition coefficient (Wildman–Crippen LogP) is 1.30. The van der Waals surface area contributed by atoms with E-state index in [4.69, 9.17) is 0 Å². The average Bonchev–Trinajstić information content (AvgIpc) is 2.61. The smallest absolute Gasteiger partial charge is 0.252 e. The number of aliphatic imine (C=N–C) groups is 1. The molecule has 1 aliphatic heterocycles. The lowest BCUT2D eigenvalue weighted by Crippen LogP contribution is -2.35. The molecule has 7 heteroatoms. The van der Waals surface area contributed by atoms with Crippen LogP contribution in [0.4, 0.5) is 11.5 Å². The maximum absolute atomic E-state index is 11.7. The average molecular weight is 329 g/mol. The number of hydrogen-bond donors (Lipinski definition) is 3. The van der Waals surface area contributed by atoms with Crippen molar-refractivity contribution in [3.63, 3.8) is 0 Å². The molecule has 128 valence electrons. The van der Waals surface area contributed by atoms with Crippen LogP contribution in [0.1, 0.15) is 12.8 Å². The fourth-order valence-corrected chi connectivity index (χ4v) is 2.46. The minimum absolute atomic E-state index is 0.204. The maximum atomic E-state index is 11.7. The van der Waals surface area contributed by atoms with E-state index in [1.165, 1.54) is 13.2 Å². The summed E-state index contributed by atoms with van der Waals surface area (Å²) in [7, 11) is 1.54. The molecule has 0 atom stereocenters. The molecular formula is C17H23N5O2. The number of aliphatic hydroxyl groups excluding tert-OH is 1. The first-order valence-electron chi connectivity index (χ1n) is 7.78. The van der Waals surface area contributed by atoms with Crippen LogP contribution in [0.25, 0.3) is 0 Å². The van der Waals surface area contributed by atoms with Gasteiger partial charge >= 0.3 is 0 Å². The van der Waals surface area contributed by atoms with Gasteiger partial charge in [0.1, 0.15) is 5.82 Å². The maximum Gasteiger partial charge on any atom is 0.252 e. The van der Waals surface area contributed by atoms with E-state index < -0.39 is 0 Å². The quantitative estimate of drug-likeness (QED) is 0.416. The van der Waals surface area contributed by atoms with Gasteiger partial charge in [0.05, 0.1) is 35.5 Å². The van der Waals surface area contributed by atoms with Crippen LogP contribution in [-0.2, 0) is 4.79 Å². The second-order valence-corrected chi connectivity index (χ2v) is 5.53. The molecule has 0 aromatic carbocycles. The first kappa shape index (κ1) is 17.7. The number of likely N-dealkylation sites (N-methyl/N-ethyl adjacent to an activating group) is 1. The Morgan fingerprint density at radius 3 is 2.71 bits per heavy atom. The van der Waals surface area contributed by atoms with Crippen molar-refractivity contribution in [1.29, 1.82) is 0 Å². The number of aromatic nitrogens is 1. The van der Waals surface area contributed by atoms with Crippen LogP contribution in [0.5, 0.6) is 0 Å². The van der Waals surface area contributed by atoms with E-state index in [-0.39, 0.29) is 17.6 Å². The standard InChI is InChI=1S/C17H23N5O2/c1-12(17(24)19-3)15(11-18-2)21-16-5-4-13(10-20-16)22-8-6-14(23)7-9-22/h4-5,10-11,14,23H,1-2,6-9H2,3H3,(H,19,24)(H,20,21)/b15-11+. The molecule has 1 aliphatic rings. The zero-order valence-electron chi connectivity index (χ0n) is 13.8. The summed E-state index contributed by atoms with van der Waals surface area (Å²) in [5, 5.41) is 15.1. The Morgan fingerprint density at radius 1 is 1.46 bits per heavy atom. The second kappa shape index (κ2) is 8.26. The van der Waals surface area contributed by atoms with Gasteiger partial charge in [-0.2, -0.15) is 0 Å². The first-order chi connectivity index (χ1) is 11.5. The van der Waals surface area contributed by atoms with E-state index >= 15 is 0 Å². The summed E-state index contributed by atoms with van der Waals surface area (Å²) in [5.74, 6) is 0.275. The van der Waals surface area contributed by atoms with Crippen molar-refractivity contribution in [3.05, 3.63) is 42.4 Å². The molecule has 1 aromatic rings. The van der Waals surface area contributed by atoms with Crippen molar-refractivity contribution < 1.29 is 9.90 Å². The van der Waals surface area contributed by atoms with Crippen LogP contribution in [0, 0.1) is 0 Å². The van der Waals surface area contributed by atoms with Crippen LogP contribution < -0.4 is 15.5 Å². The number of carbonyl (C=O) groups is 1. The second-order valence-electron chi connectivity index (χ2n) is 5.53. The van der Waals surface area contributed by atoms with E-state index in [0.29, 0.717) is 11.5 Å². The zero-order valence-corrected chi connectivity index (χ0v) is 13.8. The van der Waals surface area contributed by atoms with E-state index in [2.05, 4.69) is 38.8 Å². The molecule has 0 radical (unpaired) electrons. The molecule has 7 nitrogen and oxygen atoms in total. The highest BCUT2D eigenvalue weighted by Crippen LogP contribution is 2.21. The summed E-state index contributed by atoms with van der Waals surface area (Å²) in [4.78, 5) is 22.0. The Hall–Kier alpha value is -2.67. The van der Waals surface area contributed by atoms with Gasteiger partial charge in [-0.3, -0.25) is 9.79 Å².